The van der Waals surface area contributed by atoms with Crippen LogP contribution in [0.2, 0.25) is 0 Å². The Bertz CT molecular complexity index is 1120. The topological polar surface area (TPSA) is 70.1 Å². The highest BCUT2D eigenvalue weighted by molar-refractivity contribution is 5.99. The van der Waals surface area contributed by atoms with Crippen molar-refractivity contribution in [2.75, 3.05) is 0 Å². The maximum absolute atomic E-state index is 13.9. The summed E-state index contributed by atoms with van der Waals surface area (Å²) in [5.41, 5.74) is 1.31. The molecule has 2 atom stereocenters. The van der Waals surface area contributed by atoms with Gasteiger partial charge in [-0.3, -0.25) is 9.79 Å². The number of amidine groups is 1. The van der Waals surface area contributed by atoms with E-state index in [-0.39, 0.29) is 17.4 Å². The molecule has 3 heterocycles. The van der Waals surface area contributed by atoms with Crippen LogP contribution >= 0.6 is 0 Å². The number of nitrogens with zero attached hydrogens (tertiary/aromatic N) is 2. The lowest BCUT2D eigenvalue weighted by Crippen LogP contribution is -2.48. The average molecular weight is 380 g/mol. The van der Waals surface area contributed by atoms with Crippen LogP contribution < -0.4 is 10.9 Å². The Labute approximate surface area is 160 Å². The SMILES string of the molecule is Cc1ccc(C2=N[C@@H](C)[C@@](c3ccc(F)cc3)(c3ccnc(F)c3)N2)[nH]c1=O. The number of nitrogens with one attached hydrogen (secondary N) is 2. The Hall–Kier alpha value is -3.35. The molecule has 0 radical (unpaired) electrons. The number of hydrogen-bond acceptors (Lipinski definition) is 4. The zero-order chi connectivity index (χ0) is 19.9. The van der Waals surface area contributed by atoms with Crippen LogP contribution in [-0.2, 0) is 5.54 Å². The molecule has 0 aliphatic carbocycles. The summed E-state index contributed by atoms with van der Waals surface area (Å²) >= 11 is 0. The largest absolute Gasteiger partial charge is 0.353 e. The maximum atomic E-state index is 13.9. The van der Waals surface area contributed by atoms with Crippen molar-refractivity contribution < 1.29 is 8.78 Å². The van der Waals surface area contributed by atoms with Gasteiger partial charge in [-0.05, 0) is 55.3 Å². The summed E-state index contributed by atoms with van der Waals surface area (Å²) in [4.78, 5) is 23.1. The molecule has 1 aromatic carbocycles. The average Bonchev–Trinajstić information content (AvgIpc) is 3.03. The van der Waals surface area contributed by atoms with Crippen LogP contribution in [0.3, 0.4) is 0 Å². The molecule has 1 aliphatic rings. The number of pyridine rings is 2. The zero-order valence-corrected chi connectivity index (χ0v) is 15.3. The quantitative estimate of drug-likeness (QED) is 0.686. The van der Waals surface area contributed by atoms with Gasteiger partial charge in [0.1, 0.15) is 17.2 Å². The molecule has 7 heteroatoms. The predicted molar refractivity (Wildman–Crippen MR) is 102 cm³/mol. The number of aromatic nitrogens is 2. The lowest BCUT2D eigenvalue weighted by Gasteiger charge is -2.35. The molecule has 0 amide bonds. The highest BCUT2D eigenvalue weighted by atomic mass is 19.1. The van der Waals surface area contributed by atoms with Crippen LogP contribution in [0.4, 0.5) is 8.78 Å². The fourth-order valence-corrected chi connectivity index (χ4v) is 3.59. The van der Waals surface area contributed by atoms with E-state index in [1.165, 1.54) is 24.4 Å². The van der Waals surface area contributed by atoms with Crippen molar-refractivity contribution in [1.82, 2.24) is 15.3 Å². The van der Waals surface area contributed by atoms with E-state index in [0.717, 1.165) is 5.56 Å². The molecule has 0 spiro atoms. The highest BCUT2D eigenvalue weighted by Gasteiger charge is 2.45. The predicted octanol–water partition coefficient (Wildman–Crippen LogP) is 3.04. The molecule has 0 bridgehead atoms. The lowest BCUT2D eigenvalue weighted by molar-refractivity contribution is 0.429. The minimum absolute atomic E-state index is 0.205. The first-order chi connectivity index (χ1) is 13.4. The van der Waals surface area contributed by atoms with Crippen LogP contribution in [0.1, 0.15) is 29.3 Å². The first-order valence-corrected chi connectivity index (χ1v) is 8.84. The van der Waals surface area contributed by atoms with Gasteiger partial charge in [0.2, 0.25) is 5.95 Å². The van der Waals surface area contributed by atoms with Crippen molar-refractivity contribution in [2.45, 2.75) is 25.4 Å². The molecule has 4 rings (SSSR count). The van der Waals surface area contributed by atoms with E-state index in [1.54, 1.807) is 37.3 Å². The number of H-pyrrole nitrogens is 1. The Morgan fingerprint density at radius 3 is 2.46 bits per heavy atom. The molecule has 5 nitrogen and oxygen atoms in total. The first kappa shape index (κ1) is 18.0. The second-order valence-corrected chi connectivity index (χ2v) is 6.84. The zero-order valence-electron chi connectivity index (χ0n) is 15.3. The second kappa shape index (κ2) is 6.67. The molecule has 142 valence electrons. The monoisotopic (exact) mass is 380 g/mol. The third-order valence-corrected chi connectivity index (χ3v) is 5.11. The molecule has 0 unspecified atom stereocenters. The van der Waals surface area contributed by atoms with E-state index < -0.39 is 11.5 Å². The first-order valence-electron chi connectivity index (χ1n) is 8.84. The molecule has 3 aromatic rings. The molecule has 2 N–H and O–H groups in total. The van der Waals surface area contributed by atoms with Gasteiger partial charge < -0.3 is 10.3 Å². The van der Waals surface area contributed by atoms with Gasteiger partial charge in [0.05, 0.1) is 11.7 Å². The van der Waals surface area contributed by atoms with Gasteiger partial charge in [-0.25, -0.2) is 9.37 Å². The van der Waals surface area contributed by atoms with E-state index in [1.807, 2.05) is 6.92 Å². The van der Waals surface area contributed by atoms with Crippen molar-refractivity contribution in [2.24, 2.45) is 4.99 Å². The molecule has 2 aromatic heterocycles. The van der Waals surface area contributed by atoms with Gasteiger partial charge in [-0.1, -0.05) is 18.2 Å². The minimum atomic E-state index is -0.936. The fraction of sp³-hybridized carbons (Fsp3) is 0.190. The molecule has 0 saturated heterocycles. The molecular formula is C21H18F2N4O. The number of aryl methyl sites for hydroxylation is 1. The molecule has 1 aliphatic heterocycles. The van der Waals surface area contributed by atoms with Crippen LogP contribution in [0.15, 0.2) is 64.5 Å². The number of benzene rings is 1. The van der Waals surface area contributed by atoms with E-state index >= 15 is 0 Å². The van der Waals surface area contributed by atoms with E-state index in [4.69, 9.17) is 0 Å². The third kappa shape index (κ3) is 2.89. The number of halogens is 2. The fourth-order valence-electron chi connectivity index (χ4n) is 3.59. The van der Waals surface area contributed by atoms with E-state index in [2.05, 4.69) is 20.3 Å². The summed E-state index contributed by atoms with van der Waals surface area (Å²) < 4.78 is 27.5. The highest BCUT2D eigenvalue weighted by Crippen LogP contribution is 2.38. The van der Waals surface area contributed by atoms with Crippen molar-refractivity contribution in [3.63, 3.8) is 0 Å². The minimum Gasteiger partial charge on any atom is -0.353 e. The van der Waals surface area contributed by atoms with Gasteiger partial charge in [-0.2, -0.15) is 4.39 Å². The Kier molecular flexibility index (Phi) is 4.30. The molecule has 0 fully saturated rings. The van der Waals surface area contributed by atoms with Crippen molar-refractivity contribution >= 4 is 5.84 Å². The van der Waals surface area contributed by atoms with Gasteiger partial charge in [0, 0.05) is 11.8 Å². The lowest BCUT2D eigenvalue weighted by atomic mass is 9.78. The molecule has 0 saturated carbocycles. The number of aromatic amines is 1. The summed E-state index contributed by atoms with van der Waals surface area (Å²) in [5.74, 6) is -0.509. The van der Waals surface area contributed by atoms with Crippen LogP contribution in [0.25, 0.3) is 0 Å². The smallest absolute Gasteiger partial charge is 0.251 e. The summed E-state index contributed by atoms with van der Waals surface area (Å²) in [5, 5.41) is 3.36. The molecular weight excluding hydrogens is 362 g/mol. The van der Waals surface area contributed by atoms with Crippen molar-refractivity contribution in [3.8, 4) is 0 Å². The number of hydrogen-bond donors (Lipinski definition) is 2. The molecule has 28 heavy (non-hydrogen) atoms. The second-order valence-electron chi connectivity index (χ2n) is 6.84. The van der Waals surface area contributed by atoms with E-state index in [9.17, 15) is 13.6 Å². The Balaban J connectivity index is 1.86. The number of aliphatic imine (C=N–C) groups is 1. The van der Waals surface area contributed by atoms with Crippen LogP contribution in [0, 0.1) is 18.7 Å². The summed E-state index contributed by atoms with van der Waals surface area (Å²) in [6.07, 6.45) is 1.39. The van der Waals surface area contributed by atoms with Crippen molar-refractivity contribution in [3.05, 3.63) is 99.2 Å². The Morgan fingerprint density at radius 1 is 1.04 bits per heavy atom. The van der Waals surface area contributed by atoms with Gasteiger partial charge >= 0.3 is 0 Å². The summed E-state index contributed by atoms with van der Waals surface area (Å²) in [6, 6.07) is 12.2. The normalized spacial score (nSPS) is 21.3. The standard InChI is InChI=1S/C21H18F2N4O/c1-12-3-8-17(26-20(12)28)19-25-13(2)21(27-19,14-4-6-16(22)7-5-14)15-9-10-24-18(23)11-15/h3-11,13H,1-2H3,(H,25,27)(H,26,28)/t13-,21+/m0/s1. The van der Waals surface area contributed by atoms with E-state index in [0.29, 0.717) is 22.7 Å². The van der Waals surface area contributed by atoms with Gasteiger partial charge in [0.25, 0.3) is 5.56 Å². The third-order valence-electron chi connectivity index (χ3n) is 5.11. The van der Waals surface area contributed by atoms with Crippen molar-refractivity contribution in [1.29, 1.82) is 0 Å². The van der Waals surface area contributed by atoms with Gasteiger partial charge in [0.15, 0.2) is 0 Å². The number of rotatable bonds is 3. The summed E-state index contributed by atoms with van der Waals surface area (Å²) in [6.45, 7) is 3.60. The maximum Gasteiger partial charge on any atom is 0.251 e. The van der Waals surface area contributed by atoms with Crippen LogP contribution in [-0.4, -0.2) is 21.8 Å². The summed E-state index contributed by atoms with van der Waals surface area (Å²) in [7, 11) is 0. The Morgan fingerprint density at radius 2 is 1.79 bits per heavy atom. The van der Waals surface area contributed by atoms with Gasteiger partial charge in [-0.15, -0.1) is 0 Å². The van der Waals surface area contributed by atoms with Crippen LogP contribution in [0.5, 0.6) is 0 Å².